The van der Waals surface area contributed by atoms with E-state index in [1.807, 2.05) is 0 Å². The molecule has 166 valence electrons. The zero-order valence-corrected chi connectivity index (χ0v) is 19.8. The highest BCUT2D eigenvalue weighted by Crippen LogP contribution is 2.37. The van der Waals surface area contributed by atoms with Crippen LogP contribution in [0.15, 0.2) is 48.5 Å². The van der Waals surface area contributed by atoms with Crippen LogP contribution in [-0.4, -0.2) is 36.9 Å². The minimum atomic E-state index is -1.83. The molecule has 7 heteroatoms. The van der Waals surface area contributed by atoms with Crippen LogP contribution in [-0.2, 0) is 4.43 Å². The Balaban J connectivity index is 0.000000343. The summed E-state index contributed by atoms with van der Waals surface area (Å²) in [4.78, 5) is 6.54. The van der Waals surface area contributed by atoms with Crippen LogP contribution < -0.4 is 0 Å². The molecule has 0 heterocycles. The minimum Gasteiger partial charge on any atom is -0.414 e. The van der Waals surface area contributed by atoms with Crippen molar-refractivity contribution in [2.75, 3.05) is 13.2 Å². The van der Waals surface area contributed by atoms with Gasteiger partial charge < -0.3 is 19.7 Å². The minimum absolute atomic E-state index is 0.140. The van der Waals surface area contributed by atoms with Gasteiger partial charge in [0, 0.05) is 0 Å². The number of rotatable bonds is 6. The van der Waals surface area contributed by atoms with E-state index in [4.69, 9.17) is 27.8 Å². The molecule has 0 fully saturated rings. The largest absolute Gasteiger partial charge is 0.414 e. The van der Waals surface area contributed by atoms with Gasteiger partial charge in [-0.3, -0.25) is 0 Å². The van der Waals surface area contributed by atoms with E-state index in [0.29, 0.717) is 23.5 Å². The van der Waals surface area contributed by atoms with Crippen LogP contribution >= 0.6 is 0 Å². The third kappa shape index (κ3) is 8.26. The van der Waals surface area contributed by atoms with Crippen molar-refractivity contribution < 1.29 is 19.7 Å². The third-order valence-electron chi connectivity index (χ3n) is 5.40. The van der Waals surface area contributed by atoms with E-state index >= 15 is 0 Å². The van der Waals surface area contributed by atoms with Crippen LogP contribution in [0.4, 0.5) is 11.4 Å². The fourth-order valence-corrected chi connectivity index (χ4v) is 3.25. The Bertz CT molecular complexity index is 892. The molecule has 0 aromatic heterocycles. The van der Waals surface area contributed by atoms with Gasteiger partial charge in [0.15, 0.2) is 19.7 Å². The van der Waals surface area contributed by atoms with Crippen LogP contribution in [0.5, 0.6) is 0 Å². The average molecular weight is 441 g/mol. The predicted molar refractivity (Wildman–Crippen MR) is 126 cm³/mol. The van der Waals surface area contributed by atoms with Gasteiger partial charge in [-0.05, 0) is 29.3 Å². The van der Waals surface area contributed by atoms with Crippen LogP contribution in [0, 0.1) is 13.1 Å². The van der Waals surface area contributed by atoms with Gasteiger partial charge in [-0.25, -0.2) is 9.69 Å². The Morgan fingerprint density at radius 2 is 1.23 bits per heavy atom. The van der Waals surface area contributed by atoms with E-state index in [1.54, 1.807) is 48.5 Å². The molecule has 0 amide bonds. The van der Waals surface area contributed by atoms with Gasteiger partial charge in [-0.2, -0.15) is 0 Å². The summed E-state index contributed by atoms with van der Waals surface area (Å²) in [6.45, 7) is 24.5. The molecule has 31 heavy (non-hydrogen) atoms. The summed E-state index contributed by atoms with van der Waals surface area (Å²) in [5, 5.41) is 28.0. The van der Waals surface area contributed by atoms with Crippen LogP contribution in [0.3, 0.4) is 0 Å². The quantitative estimate of drug-likeness (QED) is 0.406. The van der Waals surface area contributed by atoms with Gasteiger partial charge in [0.05, 0.1) is 26.4 Å². The zero-order chi connectivity index (χ0) is 23.7. The van der Waals surface area contributed by atoms with Gasteiger partial charge in [0.25, 0.3) is 0 Å². The second kappa shape index (κ2) is 11.8. The molecule has 0 aliphatic heterocycles. The van der Waals surface area contributed by atoms with Crippen molar-refractivity contribution in [2.45, 2.75) is 51.1 Å². The summed E-state index contributed by atoms with van der Waals surface area (Å²) in [5.41, 5.74) is 2.54. The molecule has 3 N–H and O–H groups in total. The first-order valence-corrected chi connectivity index (χ1v) is 12.9. The second-order valence-corrected chi connectivity index (χ2v) is 13.5. The summed E-state index contributed by atoms with van der Waals surface area (Å²) in [6.07, 6.45) is -1.47. The van der Waals surface area contributed by atoms with E-state index in [9.17, 15) is 5.11 Å². The topological polar surface area (TPSA) is 78.6 Å². The molecule has 0 radical (unpaired) electrons. The van der Waals surface area contributed by atoms with Crippen molar-refractivity contribution in [3.8, 4) is 0 Å². The lowest BCUT2D eigenvalue weighted by Gasteiger charge is -2.36. The van der Waals surface area contributed by atoms with Gasteiger partial charge in [0.1, 0.15) is 12.2 Å². The lowest BCUT2D eigenvalue weighted by atomic mass is 10.1. The fraction of sp³-hybridized carbons (Fsp3) is 0.417. The summed E-state index contributed by atoms with van der Waals surface area (Å²) >= 11 is 0. The molecule has 2 atom stereocenters. The van der Waals surface area contributed by atoms with Crippen molar-refractivity contribution in [3.63, 3.8) is 0 Å². The zero-order valence-electron chi connectivity index (χ0n) is 18.8. The molecule has 0 aliphatic carbocycles. The number of aliphatic hydroxyl groups is 3. The normalized spacial score (nSPS) is 13.2. The predicted octanol–water partition coefficient (Wildman–Crippen LogP) is 5.56. The Hall–Kier alpha value is -2.52. The van der Waals surface area contributed by atoms with Gasteiger partial charge in [-0.1, -0.05) is 69.3 Å². The maximum absolute atomic E-state index is 10.1. The van der Waals surface area contributed by atoms with Crippen molar-refractivity contribution >= 4 is 19.7 Å². The first-order chi connectivity index (χ1) is 14.4. The third-order valence-corrected chi connectivity index (χ3v) is 9.90. The molecule has 0 saturated carbocycles. The number of hydrogen-bond acceptors (Lipinski definition) is 4. The lowest BCUT2D eigenvalue weighted by molar-refractivity contribution is 0.0956. The number of nitrogens with zero attached hydrogens (tertiary/aromatic N) is 2. The Kier molecular flexibility index (Phi) is 10.1. The molecule has 0 unspecified atom stereocenters. The van der Waals surface area contributed by atoms with Crippen LogP contribution in [0.25, 0.3) is 9.69 Å². The average Bonchev–Trinajstić information content (AvgIpc) is 2.76. The first-order valence-electron chi connectivity index (χ1n) is 10.0. The van der Waals surface area contributed by atoms with Gasteiger partial charge in [0.2, 0.25) is 0 Å². The maximum atomic E-state index is 10.1. The Morgan fingerprint density at radius 3 is 1.55 bits per heavy atom. The Morgan fingerprint density at radius 1 is 0.839 bits per heavy atom. The smallest absolute Gasteiger partial charge is 0.192 e. The molecule has 2 aromatic carbocycles. The molecule has 2 aromatic rings. The standard InChI is InChI=1S/C15H23NO2Si.C9H9NO2/c1-15(2,3)19(5,6)18-11-14(17)12-7-9-13(16-4)10-8-12;1-10-8-4-2-7(3-5-8)9(12)6-11/h7-10,14,17H,11H2,1-3,5-6H3;2-5,9,11-12H,6H2/t14-;9-/m11/s1. The highest BCUT2D eigenvalue weighted by Gasteiger charge is 2.37. The molecule has 6 nitrogen and oxygen atoms in total. The highest BCUT2D eigenvalue weighted by molar-refractivity contribution is 6.74. The van der Waals surface area contributed by atoms with E-state index in [0.717, 1.165) is 5.56 Å². The van der Waals surface area contributed by atoms with Crippen LogP contribution in [0.1, 0.15) is 44.1 Å². The molecule has 0 aliphatic rings. The van der Waals surface area contributed by atoms with E-state index in [-0.39, 0.29) is 11.6 Å². The molecule has 0 spiro atoms. The summed E-state index contributed by atoms with van der Waals surface area (Å²) < 4.78 is 6.00. The van der Waals surface area contributed by atoms with E-state index in [1.165, 1.54) is 0 Å². The van der Waals surface area contributed by atoms with Crippen molar-refractivity contribution in [1.29, 1.82) is 0 Å². The van der Waals surface area contributed by atoms with Crippen molar-refractivity contribution in [1.82, 2.24) is 0 Å². The Labute approximate surface area is 186 Å². The van der Waals surface area contributed by atoms with Gasteiger partial charge >= 0.3 is 0 Å². The first kappa shape index (κ1) is 26.5. The second-order valence-electron chi connectivity index (χ2n) is 8.69. The number of hydrogen-bond donors (Lipinski definition) is 3. The SMILES string of the molecule is [C-]#[N+]c1ccc([C@H](O)CO)cc1.[C-]#[N+]c1ccc([C@H](O)CO[Si](C)(C)C(C)(C)C)cc1. The van der Waals surface area contributed by atoms with Gasteiger partial charge in [-0.15, -0.1) is 0 Å². The van der Waals surface area contributed by atoms with Crippen molar-refractivity contribution in [3.05, 3.63) is 82.5 Å². The van der Waals surface area contributed by atoms with E-state index in [2.05, 4.69) is 43.6 Å². The lowest BCUT2D eigenvalue weighted by Crippen LogP contribution is -2.41. The molecule has 0 saturated heterocycles. The summed E-state index contributed by atoms with van der Waals surface area (Å²) in [5.74, 6) is 0. The molecular weight excluding hydrogens is 408 g/mol. The molecule has 0 bridgehead atoms. The van der Waals surface area contributed by atoms with Crippen molar-refractivity contribution in [2.24, 2.45) is 0 Å². The maximum Gasteiger partial charge on any atom is 0.192 e. The number of aliphatic hydroxyl groups excluding tert-OH is 3. The molecule has 2 rings (SSSR count). The van der Waals surface area contributed by atoms with E-state index < -0.39 is 20.5 Å². The summed E-state index contributed by atoms with van der Waals surface area (Å²) in [7, 11) is -1.83. The van der Waals surface area contributed by atoms with Crippen LogP contribution in [0.2, 0.25) is 18.1 Å². The molecular formula is C24H32N2O4Si. The fourth-order valence-electron chi connectivity index (χ4n) is 2.25. The monoisotopic (exact) mass is 440 g/mol. The highest BCUT2D eigenvalue weighted by atomic mass is 28.4. The number of benzene rings is 2. The summed E-state index contributed by atoms with van der Waals surface area (Å²) in [6, 6.07) is 13.5.